The van der Waals surface area contributed by atoms with E-state index < -0.39 is 0 Å². The summed E-state index contributed by atoms with van der Waals surface area (Å²) < 4.78 is 15.3. The maximum Gasteiger partial charge on any atom is 0.225 e. The molecule has 0 saturated heterocycles. The van der Waals surface area contributed by atoms with Gasteiger partial charge in [-0.15, -0.1) is 0 Å². The first-order valence-corrected chi connectivity index (χ1v) is 6.12. The third-order valence-electron chi connectivity index (χ3n) is 2.58. The number of rotatable bonds is 9. The predicted octanol–water partition coefficient (Wildman–Crippen LogP) is 0.557. The molecule has 0 unspecified atom stereocenters. The molecule has 0 aromatic carbocycles. The average molecular weight is 270 g/mol. The molecule has 0 aliphatic rings. The van der Waals surface area contributed by atoms with Crippen molar-refractivity contribution in [1.82, 2.24) is 9.97 Å². The van der Waals surface area contributed by atoms with Crippen LogP contribution in [0.1, 0.15) is 6.42 Å². The fourth-order valence-electron chi connectivity index (χ4n) is 1.64. The van der Waals surface area contributed by atoms with Crippen LogP contribution >= 0.6 is 0 Å². The molecule has 108 valence electrons. The zero-order valence-electron chi connectivity index (χ0n) is 11.8. The first-order valence-electron chi connectivity index (χ1n) is 6.12. The number of ether oxygens (including phenoxy) is 3. The molecule has 1 aromatic heterocycles. The van der Waals surface area contributed by atoms with Crippen molar-refractivity contribution in [2.24, 2.45) is 0 Å². The zero-order chi connectivity index (χ0) is 14.1. The molecule has 7 nitrogen and oxygen atoms in total. The largest absolute Gasteiger partial charge is 0.481 e. The molecule has 0 spiro atoms. The maximum atomic E-state index is 5.67. The van der Waals surface area contributed by atoms with E-state index in [0.717, 1.165) is 25.3 Å². The van der Waals surface area contributed by atoms with Crippen LogP contribution in [0.4, 0.5) is 11.8 Å². The highest BCUT2D eigenvalue weighted by Gasteiger charge is 2.11. The normalized spacial score (nSPS) is 10.5. The summed E-state index contributed by atoms with van der Waals surface area (Å²) in [5.41, 5.74) is 5.67. The van der Waals surface area contributed by atoms with E-state index >= 15 is 0 Å². The minimum atomic E-state index is 0.198. The standard InChI is InChI=1S/C12H22N4O3/c1-17-7-4-5-16(6-8-18-2)10-9-11(19-3)15-12(13)14-10/h9H,4-8H2,1-3H3,(H2,13,14,15). The molecule has 0 radical (unpaired) electrons. The van der Waals surface area contributed by atoms with Gasteiger partial charge in [0.2, 0.25) is 11.8 Å². The summed E-state index contributed by atoms with van der Waals surface area (Å²) in [6.07, 6.45) is 0.895. The van der Waals surface area contributed by atoms with Gasteiger partial charge >= 0.3 is 0 Å². The Hall–Kier alpha value is -1.60. The smallest absolute Gasteiger partial charge is 0.225 e. The van der Waals surface area contributed by atoms with E-state index in [2.05, 4.69) is 14.9 Å². The van der Waals surface area contributed by atoms with E-state index in [0.29, 0.717) is 19.1 Å². The lowest BCUT2D eigenvalue weighted by Gasteiger charge is -2.23. The van der Waals surface area contributed by atoms with Crippen LogP contribution in [0.3, 0.4) is 0 Å². The Labute approximate surface area is 113 Å². The van der Waals surface area contributed by atoms with Gasteiger partial charge in [0.25, 0.3) is 0 Å². The van der Waals surface area contributed by atoms with Crippen LogP contribution in [0.2, 0.25) is 0 Å². The van der Waals surface area contributed by atoms with Gasteiger partial charge in [-0.2, -0.15) is 9.97 Å². The molecule has 0 aliphatic carbocycles. The molecule has 0 amide bonds. The van der Waals surface area contributed by atoms with Gasteiger partial charge in [-0.1, -0.05) is 0 Å². The molecule has 0 fully saturated rings. The Balaban J connectivity index is 2.79. The summed E-state index contributed by atoms with van der Waals surface area (Å²) in [6.45, 7) is 2.83. The monoisotopic (exact) mass is 270 g/mol. The highest BCUT2D eigenvalue weighted by molar-refractivity contribution is 5.45. The van der Waals surface area contributed by atoms with E-state index in [1.807, 2.05) is 0 Å². The minimum Gasteiger partial charge on any atom is -0.481 e. The van der Waals surface area contributed by atoms with Crippen LogP contribution < -0.4 is 15.4 Å². The molecule has 1 heterocycles. The van der Waals surface area contributed by atoms with Crippen molar-refractivity contribution in [2.75, 3.05) is 58.3 Å². The SMILES string of the molecule is COCCCN(CCOC)c1cc(OC)nc(N)n1. The number of anilines is 2. The van der Waals surface area contributed by atoms with Gasteiger partial charge in [0.05, 0.1) is 13.7 Å². The van der Waals surface area contributed by atoms with Crippen molar-refractivity contribution >= 4 is 11.8 Å². The third-order valence-corrected chi connectivity index (χ3v) is 2.58. The molecule has 0 saturated carbocycles. The first kappa shape index (κ1) is 15.5. The summed E-state index contributed by atoms with van der Waals surface area (Å²) in [5.74, 6) is 1.39. The van der Waals surface area contributed by atoms with Crippen LogP contribution in [-0.2, 0) is 9.47 Å². The summed E-state index contributed by atoms with van der Waals surface area (Å²) in [6, 6.07) is 1.76. The fraction of sp³-hybridized carbons (Fsp3) is 0.667. The predicted molar refractivity (Wildman–Crippen MR) is 73.6 cm³/mol. The third kappa shape index (κ3) is 5.27. The van der Waals surface area contributed by atoms with Crippen LogP contribution in [0.25, 0.3) is 0 Å². The van der Waals surface area contributed by atoms with E-state index in [1.165, 1.54) is 0 Å². The second kappa shape index (κ2) is 8.49. The van der Waals surface area contributed by atoms with Gasteiger partial charge in [0.1, 0.15) is 5.82 Å². The van der Waals surface area contributed by atoms with Crippen LogP contribution in [0.15, 0.2) is 6.07 Å². The maximum absolute atomic E-state index is 5.67. The van der Waals surface area contributed by atoms with Crippen molar-refractivity contribution in [3.05, 3.63) is 6.07 Å². The number of aromatic nitrogens is 2. The summed E-state index contributed by atoms with van der Waals surface area (Å²) in [4.78, 5) is 10.3. The van der Waals surface area contributed by atoms with E-state index in [9.17, 15) is 0 Å². The van der Waals surface area contributed by atoms with Gasteiger partial charge in [-0.25, -0.2) is 0 Å². The number of methoxy groups -OCH3 is 3. The number of nitrogen functional groups attached to an aromatic ring is 1. The van der Waals surface area contributed by atoms with Gasteiger partial charge in [-0.05, 0) is 6.42 Å². The quantitative estimate of drug-likeness (QED) is 0.656. The van der Waals surface area contributed by atoms with Crippen LogP contribution in [0, 0.1) is 0 Å². The van der Waals surface area contributed by atoms with Crippen LogP contribution in [-0.4, -0.2) is 57.6 Å². The summed E-state index contributed by atoms with van der Waals surface area (Å²) in [7, 11) is 4.91. The molecular formula is C12H22N4O3. The Morgan fingerprint density at radius 1 is 1.11 bits per heavy atom. The van der Waals surface area contributed by atoms with Gasteiger partial charge < -0.3 is 24.8 Å². The highest BCUT2D eigenvalue weighted by atomic mass is 16.5. The Morgan fingerprint density at radius 3 is 2.47 bits per heavy atom. The molecule has 0 bridgehead atoms. The van der Waals surface area contributed by atoms with Crippen molar-refractivity contribution < 1.29 is 14.2 Å². The molecule has 0 aliphatic heterocycles. The van der Waals surface area contributed by atoms with Crippen molar-refractivity contribution in [3.63, 3.8) is 0 Å². The highest BCUT2D eigenvalue weighted by Crippen LogP contribution is 2.18. The molecule has 2 N–H and O–H groups in total. The molecule has 7 heteroatoms. The van der Waals surface area contributed by atoms with Crippen molar-refractivity contribution in [3.8, 4) is 5.88 Å². The van der Waals surface area contributed by atoms with Gasteiger partial charge in [0, 0.05) is 40.0 Å². The Morgan fingerprint density at radius 2 is 1.84 bits per heavy atom. The number of nitrogens with two attached hydrogens (primary N) is 1. The molecule has 1 rings (SSSR count). The lowest BCUT2D eigenvalue weighted by Crippen LogP contribution is -2.30. The molecule has 0 atom stereocenters. The van der Waals surface area contributed by atoms with Gasteiger partial charge in [0.15, 0.2) is 0 Å². The van der Waals surface area contributed by atoms with E-state index in [4.69, 9.17) is 19.9 Å². The topological polar surface area (TPSA) is 82.7 Å². The summed E-state index contributed by atoms with van der Waals surface area (Å²) >= 11 is 0. The lowest BCUT2D eigenvalue weighted by atomic mass is 10.3. The molecular weight excluding hydrogens is 248 g/mol. The fourth-order valence-corrected chi connectivity index (χ4v) is 1.64. The van der Waals surface area contributed by atoms with E-state index in [-0.39, 0.29) is 5.95 Å². The van der Waals surface area contributed by atoms with Crippen molar-refractivity contribution in [1.29, 1.82) is 0 Å². The number of hydrogen-bond donors (Lipinski definition) is 1. The Bertz CT molecular complexity index is 376. The van der Waals surface area contributed by atoms with Gasteiger partial charge in [-0.3, -0.25) is 0 Å². The van der Waals surface area contributed by atoms with Crippen molar-refractivity contribution in [2.45, 2.75) is 6.42 Å². The van der Waals surface area contributed by atoms with E-state index in [1.54, 1.807) is 27.4 Å². The minimum absolute atomic E-state index is 0.198. The zero-order valence-corrected chi connectivity index (χ0v) is 11.8. The lowest BCUT2D eigenvalue weighted by molar-refractivity contribution is 0.191. The number of hydrogen-bond acceptors (Lipinski definition) is 7. The second-order valence-corrected chi connectivity index (χ2v) is 3.95. The Kier molecular flexibility index (Phi) is 6.91. The molecule has 19 heavy (non-hydrogen) atoms. The second-order valence-electron chi connectivity index (χ2n) is 3.95. The van der Waals surface area contributed by atoms with Crippen LogP contribution in [0.5, 0.6) is 5.88 Å². The number of nitrogens with zero attached hydrogens (tertiary/aromatic N) is 3. The first-order chi connectivity index (χ1) is 9.21. The average Bonchev–Trinajstić information content (AvgIpc) is 2.42. The summed E-state index contributed by atoms with van der Waals surface area (Å²) in [5, 5.41) is 0. The molecule has 1 aromatic rings.